The van der Waals surface area contributed by atoms with Crippen molar-refractivity contribution < 1.29 is 33.4 Å². The fraction of sp³-hybridized carbons (Fsp3) is 0.833. The monoisotopic (exact) mass is 457 g/mol. The third-order valence-electron chi connectivity index (χ3n) is 5.08. The molecule has 0 aliphatic heterocycles. The first kappa shape index (κ1) is 29.9. The summed E-state index contributed by atoms with van der Waals surface area (Å²) in [7, 11) is 0. The third-order valence-corrected chi connectivity index (χ3v) is 5.08. The number of carbonyl (C=O) groups excluding carboxylic acids is 4. The molecular weight excluding hydrogens is 414 g/mol. The van der Waals surface area contributed by atoms with E-state index in [2.05, 4.69) is 12.2 Å². The minimum Gasteiger partial charge on any atom is -0.464 e. The van der Waals surface area contributed by atoms with E-state index in [4.69, 9.17) is 14.2 Å². The molecule has 0 aromatic carbocycles. The number of unbranched alkanes of at least 4 members (excludes halogenated alkanes) is 9. The summed E-state index contributed by atoms with van der Waals surface area (Å²) in [5.74, 6) is -1.98. The van der Waals surface area contributed by atoms with Gasteiger partial charge in [0, 0.05) is 27.7 Å². The zero-order valence-electron chi connectivity index (χ0n) is 20.6. The molecule has 0 rings (SSSR count). The third kappa shape index (κ3) is 16.6. The molecule has 0 unspecified atom stereocenters. The molecule has 0 fully saturated rings. The van der Waals surface area contributed by atoms with Gasteiger partial charge in [-0.1, -0.05) is 64.7 Å². The van der Waals surface area contributed by atoms with Gasteiger partial charge in [0.05, 0.1) is 0 Å². The van der Waals surface area contributed by atoms with Crippen molar-refractivity contribution in [3.8, 4) is 0 Å². The number of nitrogens with one attached hydrogen (secondary N) is 1. The van der Waals surface area contributed by atoms with Gasteiger partial charge < -0.3 is 19.5 Å². The predicted octanol–water partition coefficient (Wildman–Crippen LogP) is 4.23. The van der Waals surface area contributed by atoms with Gasteiger partial charge in [-0.05, 0) is 12.8 Å². The summed E-state index contributed by atoms with van der Waals surface area (Å²) in [6.45, 7) is 7.12. The van der Waals surface area contributed by atoms with E-state index in [1.807, 2.05) is 0 Å². The van der Waals surface area contributed by atoms with Crippen molar-refractivity contribution in [2.45, 2.75) is 123 Å². The predicted molar refractivity (Wildman–Crippen MR) is 122 cm³/mol. The number of rotatable bonds is 18. The maximum Gasteiger partial charge on any atom is 0.303 e. The van der Waals surface area contributed by atoms with Crippen molar-refractivity contribution >= 4 is 23.8 Å². The smallest absolute Gasteiger partial charge is 0.303 e. The number of ether oxygens (including phenoxy) is 3. The van der Waals surface area contributed by atoms with E-state index in [-0.39, 0.29) is 12.5 Å². The van der Waals surface area contributed by atoms with Gasteiger partial charge in [-0.3, -0.25) is 19.2 Å². The lowest BCUT2D eigenvalue weighted by atomic mass is 9.98. The Labute approximate surface area is 193 Å². The molecule has 0 radical (unpaired) electrons. The molecule has 0 aromatic rings. The molecule has 0 aliphatic rings. The average Bonchev–Trinajstić information content (AvgIpc) is 2.69. The van der Waals surface area contributed by atoms with Crippen molar-refractivity contribution in [3.63, 3.8) is 0 Å². The lowest BCUT2D eigenvalue weighted by molar-refractivity contribution is -0.171. The first-order chi connectivity index (χ1) is 15.2. The van der Waals surface area contributed by atoms with Gasteiger partial charge in [-0.15, -0.1) is 0 Å². The van der Waals surface area contributed by atoms with Gasteiger partial charge in [-0.2, -0.15) is 0 Å². The van der Waals surface area contributed by atoms with Gasteiger partial charge in [0.15, 0.2) is 6.10 Å². The molecule has 0 bridgehead atoms. The van der Waals surface area contributed by atoms with Crippen molar-refractivity contribution in [2.24, 2.45) is 0 Å². The summed E-state index contributed by atoms with van der Waals surface area (Å²) in [4.78, 5) is 46.4. The van der Waals surface area contributed by atoms with Gasteiger partial charge in [0.1, 0.15) is 18.8 Å². The van der Waals surface area contributed by atoms with E-state index in [0.717, 1.165) is 19.3 Å². The number of hydrogen-bond donors (Lipinski definition) is 1. The van der Waals surface area contributed by atoms with Crippen LogP contribution in [0.2, 0.25) is 0 Å². The molecule has 1 N–H and O–H groups in total. The second-order valence-corrected chi connectivity index (χ2v) is 8.30. The first-order valence-electron chi connectivity index (χ1n) is 11.9. The van der Waals surface area contributed by atoms with Gasteiger partial charge in [0.25, 0.3) is 0 Å². The molecule has 8 nitrogen and oxygen atoms in total. The van der Waals surface area contributed by atoms with E-state index < -0.39 is 36.2 Å². The molecule has 0 spiro atoms. The summed E-state index contributed by atoms with van der Waals surface area (Å²) in [6, 6.07) is -0.826. The number of amides is 1. The van der Waals surface area contributed by atoms with Crippen molar-refractivity contribution in [1.29, 1.82) is 0 Å². The number of esters is 3. The standard InChI is InChI=1S/C24H43NO7/c1-6-7-8-9-10-11-12-13-14-15-16-23(31-20(4)28)24(32-21(5)29)22(25-18(2)26)17-30-19(3)27/h22-24H,6-17H2,1-5H3,(H,25,26)/t22-,23+,24-/m0/s1. The number of hydrogen-bond acceptors (Lipinski definition) is 7. The molecule has 1 amide bonds. The van der Waals surface area contributed by atoms with Crippen LogP contribution in [-0.2, 0) is 33.4 Å². The molecule has 32 heavy (non-hydrogen) atoms. The highest BCUT2D eigenvalue weighted by molar-refractivity contribution is 5.73. The normalized spacial score (nSPS) is 13.5. The van der Waals surface area contributed by atoms with E-state index in [1.165, 1.54) is 72.6 Å². The fourth-order valence-electron chi connectivity index (χ4n) is 3.63. The SMILES string of the molecule is CCCCCCCCCCCC[C@@H](OC(C)=O)[C@@H](OC(C)=O)[C@H](COC(C)=O)NC(C)=O. The zero-order chi connectivity index (χ0) is 24.4. The highest BCUT2D eigenvalue weighted by atomic mass is 16.6. The average molecular weight is 458 g/mol. The fourth-order valence-corrected chi connectivity index (χ4v) is 3.63. The maximum atomic E-state index is 11.7. The van der Waals surface area contributed by atoms with Crippen LogP contribution in [0.1, 0.15) is 105 Å². The lowest BCUT2D eigenvalue weighted by Gasteiger charge is -2.32. The van der Waals surface area contributed by atoms with E-state index >= 15 is 0 Å². The zero-order valence-corrected chi connectivity index (χ0v) is 20.6. The summed E-state index contributed by atoms with van der Waals surface area (Å²) < 4.78 is 15.9. The number of carbonyl (C=O) groups is 4. The molecule has 186 valence electrons. The van der Waals surface area contributed by atoms with Crippen LogP contribution in [0.3, 0.4) is 0 Å². The van der Waals surface area contributed by atoms with Gasteiger partial charge >= 0.3 is 17.9 Å². The van der Waals surface area contributed by atoms with Crippen LogP contribution in [0.4, 0.5) is 0 Å². The van der Waals surface area contributed by atoms with Crippen LogP contribution in [0.25, 0.3) is 0 Å². The summed E-state index contributed by atoms with van der Waals surface area (Å²) in [5, 5.41) is 2.65. The molecule has 0 saturated carbocycles. The Hall–Kier alpha value is -2.12. The van der Waals surface area contributed by atoms with Crippen LogP contribution >= 0.6 is 0 Å². The highest BCUT2D eigenvalue weighted by Crippen LogP contribution is 2.19. The van der Waals surface area contributed by atoms with Crippen LogP contribution in [-0.4, -0.2) is 48.7 Å². The quantitative estimate of drug-likeness (QED) is 0.186. The lowest BCUT2D eigenvalue weighted by Crippen LogP contribution is -2.53. The molecule has 0 aromatic heterocycles. The van der Waals surface area contributed by atoms with Crippen molar-refractivity contribution in [1.82, 2.24) is 5.32 Å². The minimum absolute atomic E-state index is 0.192. The molecule has 0 aliphatic carbocycles. The van der Waals surface area contributed by atoms with Crippen molar-refractivity contribution in [2.75, 3.05) is 6.61 Å². The van der Waals surface area contributed by atoms with E-state index in [1.54, 1.807) is 0 Å². The van der Waals surface area contributed by atoms with Crippen molar-refractivity contribution in [3.05, 3.63) is 0 Å². The van der Waals surface area contributed by atoms with Gasteiger partial charge in [0.2, 0.25) is 5.91 Å². The molecular formula is C24H43NO7. The Kier molecular flexibility index (Phi) is 17.2. The summed E-state index contributed by atoms with van der Waals surface area (Å²) in [6.07, 6.45) is 10.4. The Bertz CT molecular complexity index is 565. The van der Waals surface area contributed by atoms with Crippen LogP contribution < -0.4 is 5.32 Å². The summed E-state index contributed by atoms with van der Waals surface area (Å²) in [5.41, 5.74) is 0. The maximum absolute atomic E-state index is 11.7. The largest absolute Gasteiger partial charge is 0.464 e. The topological polar surface area (TPSA) is 108 Å². The highest BCUT2D eigenvalue weighted by Gasteiger charge is 2.35. The second kappa shape index (κ2) is 18.5. The van der Waals surface area contributed by atoms with Crippen LogP contribution in [0, 0.1) is 0 Å². The Morgan fingerprint density at radius 1 is 0.688 bits per heavy atom. The minimum atomic E-state index is -0.960. The molecule has 3 atom stereocenters. The Morgan fingerprint density at radius 2 is 1.19 bits per heavy atom. The summed E-state index contributed by atoms with van der Waals surface area (Å²) >= 11 is 0. The van der Waals surface area contributed by atoms with Gasteiger partial charge in [-0.25, -0.2) is 0 Å². The van der Waals surface area contributed by atoms with Crippen LogP contribution in [0.15, 0.2) is 0 Å². The molecule has 8 heteroatoms. The second-order valence-electron chi connectivity index (χ2n) is 8.30. The van der Waals surface area contributed by atoms with Crippen LogP contribution in [0.5, 0.6) is 0 Å². The Balaban J connectivity index is 4.90. The first-order valence-corrected chi connectivity index (χ1v) is 11.9. The van der Waals surface area contributed by atoms with E-state index in [9.17, 15) is 19.2 Å². The molecule has 0 heterocycles. The van der Waals surface area contributed by atoms with E-state index in [0.29, 0.717) is 6.42 Å². The molecule has 0 saturated heterocycles. The Morgan fingerprint density at radius 3 is 1.62 bits per heavy atom.